The Morgan fingerprint density at radius 2 is 2.70 bits per heavy atom. The van der Waals surface area contributed by atoms with Crippen LogP contribution in [0.25, 0.3) is 0 Å². The van der Waals surface area contributed by atoms with Gasteiger partial charge in [-0.3, -0.25) is 0 Å². The fourth-order valence-corrected chi connectivity index (χ4v) is 2.19. The highest BCUT2D eigenvalue weighted by Crippen LogP contribution is 2.27. The maximum Gasteiger partial charge on any atom is 0.0999 e. The Kier molecular flexibility index (Phi) is 3.29. The Bertz CT molecular complexity index is 224. The Morgan fingerprint density at radius 1 is 1.90 bits per heavy atom. The van der Waals surface area contributed by atoms with E-state index in [2.05, 4.69) is 34.1 Å². The smallest absolute Gasteiger partial charge is 0.0999 e. The molecule has 0 aliphatic carbocycles. The highest BCUT2D eigenvalue weighted by molar-refractivity contribution is 14.1. The van der Waals surface area contributed by atoms with Crippen molar-refractivity contribution < 1.29 is 0 Å². The number of rotatable bonds is 1. The minimum atomic E-state index is 0.825. The Labute approximate surface area is 78.3 Å². The molecule has 1 aliphatic heterocycles. The molecule has 1 aliphatic rings. The summed E-state index contributed by atoms with van der Waals surface area (Å²) in [6.45, 7) is 0. The summed E-state index contributed by atoms with van der Waals surface area (Å²) in [4.78, 5) is 0. The summed E-state index contributed by atoms with van der Waals surface area (Å²) >= 11 is 3.89. The quantitative estimate of drug-likeness (QED) is 0.536. The molecule has 0 aromatic rings. The van der Waals surface area contributed by atoms with Gasteiger partial charge < -0.3 is 0 Å². The lowest BCUT2D eigenvalue weighted by Gasteiger charge is -1.93. The van der Waals surface area contributed by atoms with Crippen molar-refractivity contribution >= 4 is 34.4 Å². The highest BCUT2D eigenvalue weighted by Gasteiger charge is 2.08. The van der Waals surface area contributed by atoms with E-state index >= 15 is 0 Å². The van der Waals surface area contributed by atoms with Gasteiger partial charge in [-0.05, 0) is 21.5 Å². The first kappa shape index (κ1) is 8.15. The second kappa shape index (κ2) is 4.04. The summed E-state index contributed by atoms with van der Waals surface area (Å²) in [6, 6.07) is 2.17. The van der Waals surface area contributed by atoms with Crippen molar-refractivity contribution in [2.24, 2.45) is 0 Å². The van der Waals surface area contributed by atoms with Gasteiger partial charge in [0.15, 0.2) is 0 Å². The third-order valence-electron chi connectivity index (χ3n) is 1.29. The molecule has 0 saturated carbocycles. The molecule has 0 spiro atoms. The van der Waals surface area contributed by atoms with E-state index in [9.17, 15) is 0 Å². The van der Waals surface area contributed by atoms with Crippen LogP contribution in [0.1, 0.15) is 6.42 Å². The number of thioether (sulfide) groups is 1. The van der Waals surface area contributed by atoms with Crippen LogP contribution in [0.2, 0.25) is 0 Å². The van der Waals surface area contributed by atoms with Crippen molar-refractivity contribution in [1.29, 1.82) is 5.26 Å². The lowest BCUT2D eigenvalue weighted by Crippen LogP contribution is -1.81. The second-order valence-corrected chi connectivity index (χ2v) is 3.50. The average molecular weight is 263 g/mol. The van der Waals surface area contributed by atoms with Gasteiger partial charge in [0.1, 0.15) is 0 Å². The van der Waals surface area contributed by atoms with Crippen molar-refractivity contribution in [3.63, 3.8) is 0 Å². The van der Waals surface area contributed by atoms with Gasteiger partial charge in [-0.1, -0.05) is 22.6 Å². The third kappa shape index (κ3) is 1.77. The standard InChI is InChI=1S/C7H6INS/c8-3-7(4-9)6-1-2-10-5-6/h3,5H,1-2H2/b7-3+. The maximum atomic E-state index is 8.61. The summed E-state index contributed by atoms with van der Waals surface area (Å²) in [5.74, 6) is 1.13. The fraction of sp³-hybridized carbons (Fsp3) is 0.286. The summed E-state index contributed by atoms with van der Waals surface area (Å²) in [7, 11) is 0. The number of halogens is 1. The van der Waals surface area contributed by atoms with Crippen molar-refractivity contribution in [2.45, 2.75) is 6.42 Å². The molecule has 52 valence electrons. The van der Waals surface area contributed by atoms with Crippen LogP contribution in [0.5, 0.6) is 0 Å². The largest absolute Gasteiger partial charge is 0.192 e. The third-order valence-corrected chi connectivity index (χ3v) is 2.80. The Hall–Kier alpha value is 0.0500. The van der Waals surface area contributed by atoms with E-state index in [1.54, 1.807) is 11.8 Å². The number of allylic oxidation sites excluding steroid dienone is 2. The predicted octanol–water partition coefficient (Wildman–Crippen LogP) is 2.85. The molecule has 1 heterocycles. The van der Waals surface area contributed by atoms with E-state index in [1.165, 1.54) is 5.57 Å². The molecule has 3 heteroatoms. The van der Waals surface area contributed by atoms with Crippen LogP contribution < -0.4 is 0 Å². The van der Waals surface area contributed by atoms with Crippen molar-refractivity contribution in [1.82, 2.24) is 0 Å². The average Bonchev–Trinajstić information content (AvgIpc) is 2.43. The van der Waals surface area contributed by atoms with E-state index in [0.717, 1.165) is 17.7 Å². The van der Waals surface area contributed by atoms with Gasteiger partial charge in [-0.25, -0.2) is 0 Å². The summed E-state index contributed by atoms with van der Waals surface area (Å²) in [5, 5.41) is 10.7. The second-order valence-electron chi connectivity index (χ2n) is 1.90. The SMILES string of the molecule is N#C/C(=C\I)C1=CSCC1. The van der Waals surface area contributed by atoms with E-state index in [0.29, 0.717) is 0 Å². The first-order valence-corrected chi connectivity index (χ1v) is 5.19. The molecule has 0 amide bonds. The first-order valence-electron chi connectivity index (χ1n) is 2.90. The van der Waals surface area contributed by atoms with Crippen LogP contribution in [0.4, 0.5) is 0 Å². The number of nitrogens with zero attached hydrogens (tertiary/aromatic N) is 1. The molecule has 0 bridgehead atoms. The summed E-state index contributed by atoms with van der Waals surface area (Å²) in [5.41, 5.74) is 2.02. The molecular weight excluding hydrogens is 257 g/mol. The Morgan fingerprint density at radius 3 is 3.10 bits per heavy atom. The van der Waals surface area contributed by atoms with Crippen LogP contribution in [0.3, 0.4) is 0 Å². The van der Waals surface area contributed by atoms with Crippen LogP contribution in [0.15, 0.2) is 20.6 Å². The number of hydrogen-bond acceptors (Lipinski definition) is 2. The van der Waals surface area contributed by atoms with Gasteiger partial charge in [-0.15, -0.1) is 11.8 Å². The predicted molar refractivity (Wildman–Crippen MR) is 52.9 cm³/mol. The number of hydrogen-bond donors (Lipinski definition) is 0. The van der Waals surface area contributed by atoms with Crippen LogP contribution >= 0.6 is 34.4 Å². The molecule has 0 radical (unpaired) electrons. The van der Waals surface area contributed by atoms with Gasteiger partial charge in [0.2, 0.25) is 0 Å². The van der Waals surface area contributed by atoms with Crippen LogP contribution in [-0.2, 0) is 0 Å². The topological polar surface area (TPSA) is 23.8 Å². The van der Waals surface area contributed by atoms with E-state index in [4.69, 9.17) is 5.26 Å². The molecule has 0 unspecified atom stereocenters. The van der Waals surface area contributed by atoms with Gasteiger partial charge in [0, 0.05) is 5.75 Å². The van der Waals surface area contributed by atoms with E-state index < -0.39 is 0 Å². The van der Waals surface area contributed by atoms with E-state index in [-0.39, 0.29) is 0 Å². The zero-order chi connectivity index (χ0) is 7.40. The van der Waals surface area contributed by atoms with Gasteiger partial charge >= 0.3 is 0 Å². The van der Waals surface area contributed by atoms with Crippen molar-refractivity contribution in [2.75, 3.05) is 5.75 Å². The molecule has 1 nitrogen and oxygen atoms in total. The lowest BCUT2D eigenvalue weighted by molar-refractivity contribution is 1.18. The highest BCUT2D eigenvalue weighted by atomic mass is 127. The Balaban J connectivity index is 2.74. The zero-order valence-electron chi connectivity index (χ0n) is 5.30. The fourth-order valence-electron chi connectivity index (χ4n) is 0.752. The molecule has 0 N–H and O–H groups in total. The summed E-state index contributed by atoms with van der Waals surface area (Å²) < 4.78 is 1.84. The van der Waals surface area contributed by atoms with Gasteiger partial charge in [0.25, 0.3) is 0 Å². The minimum Gasteiger partial charge on any atom is -0.192 e. The van der Waals surface area contributed by atoms with Crippen molar-refractivity contribution in [3.8, 4) is 6.07 Å². The molecule has 1 rings (SSSR count). The molecule has 0 atom stereocenters. The molecule has 10 heavy (non-hydrogen) atoms. The van der Waals surface area contributed by atoms with Gasteiger partial charge in [-0.2, -0.15) is 5.26 Å². The van der Waals surface area contributed by atoms with Crippen LogP contribution in [-0.4, -0.2) is 5.75 Å². The zero-order valence-corrected chi connectivity index (χ0v) is 8.28. The molecule has 0 aromatic carbocycles. The monoisotopic (exact) mass is 263 g/mol. The van der Waals surface area contributed by atoms with Crippen LogP contribution in [0, 0.1) is 11.3 Å². The normalized spacial score (nSPS) is 18.4. The molecular formula is C7H6INS. The summed E-state index contributed by atoms with van der Waals surface area (Å²) in [6.07, 6.45) is 1.05. The number of nitriles is 1. The minimum absolute atomic E-state index is 0.825. The first-order chi connectivity index (χ1) is 4.88. The molecule has 0 aromatic heterocycles. The lowest BCUT2D eigenvalue weighted by atomic mass is 10.1. The molecule has 0 saturated heterocycles. The molecule has 0 fully saturated rings. The van der Waals surface area contributed by atoms with E-state index in [1.807, 2.05) is 4.08 Å². The maximum absolute atomic E-state index is 8.61. The van der Waals surface area contributed by atoms with Crippen molar-refractivity contribution in [3.05, 3.63) is 20.6 Å². The van der Waals surface area contributed by atoms with Gasteiger partial charge in [0.05, 0.1) is 11.6 Å².